The summed E-state index contributed by atoms with van der Waals surface area (Å²) in [7, 11) is 0. The van der Waals surface area contributed by atoms with E-state index in [2.05, 4.69) is 0 Å². The van der Waals surface area contributed by atoms with Crippen LogP contribution in [0.15, 0.2) is 5.34 Å². The van der Waals surface area contributed by atoms with Crippen molar-refractivity contribution in [2.75, 3.05) is 0 Å². The van der Waals surface area contributed by atoms with Crippen LogP contribution < -0.4 is 59.1 Å². The minimum absolute atomic E-state index is 0. The Hall–Kier alpha value is 2.18. The molecule has 0 atom stereocenters. The number of rotatable bonds is 0. The van der Waals surface area contributed by atoms with Crippen molar-refractivity contribution in [3.8, 4) is 0 Å². The first-order valence-corrected chi connectivity index (χ1v) is 0.383. The van der Waals surface area contributed by atoms with Gasteiger partial charge in [-0.25, -0.2) is 0 Å². The Kier molecular flexibility index (Phi) is 372. The molecule has 8 heteroatoms. The van der Waals surface area contributed by atoms with Gasteiger partial charge in [-0.2, -0.15) is 0 Å². The molecular weight excluding hydrogens is 170 g/mol. The van der Waals surface area contributed by atoms with Crippen molar-refractivity contribution in [2.24, 2.45) is 5.34 Å². The van der Waals surface area contributed by atoms with E-state index in [1.54, 1.807) is 0 Å². The number of hydrogen-bond donors (Lipinski definition) is 1. The maximum atomic E-state index is 8.11. The molecule has 0 aromatic rings. The van der Waals surface area contributed by atoms with Gasteiger partial charge in [-0.05, 0) is 0 Å². The van der Waals surface area contributed by atoms with Crippen LogP contribution in [0.3, 0.4) is 0 Å². The first-order valence-electron chi connectivity index (χ1n) is 0.383. The van der Waals surface area contributed by atoms with Crippen LogP contribution in [0.4, 0.5) is 0 Å². The molecule has 0 aliphatic carbocycles. The predicted octanol–water partition coefficient (Wildman–Crippen LogP) is -7.21. The van der Waals surface area contributed by atoms with Crippen LogP contribution in [-0.2, 0) is 0 Å². The van der Waals surface area contributed by atoms with Gasteiger partial charge in [-0.1, -0.05) is 0 Å². The average molecular weight is 179 g/mol. The standard InChI is InChI=1S/Al.ClH.HNO2.2Na.H2O.5H/c;;2-1-3;;;;;;;;/h;1H;(H,2,3);;;1H2;;;;;/q;;;2*+1;;;;;2*-1. The molecule has 0 fully saturated rings. The van der Waals surface area contributed by atoms with Gasteiger partial charge in [-0.15, -0.1) is 17.3 Å². The van der Waals surface area contributed by atoms with E-state index < -0.39 is 0 Å². The maximum Gasteiger partial charge on any atom is 1.00 e. The van der Waals surface area contributed by atoms with Crippen molar-refractivity contribution < 1.29 is 72.7 Å². The Morgan fingerprint density at radius 3 is 1.38 bits per heavy atom. The van der Waals surface area contributed by atoms with E-state index in [1.165, 1.54) is 5.34 Å². The first-order chi connectivity index (χ1) is 1.41. The molecule has 0 aromatic heterocycles. The Bertz CT molecular complexity index is 32.0. The van der Waals surface area contributed by atoms with Crippen molar-refractivity contribution in [3.63, 3.8) is 0 Å². The smallest absolute Gasteiger partial charge is 1.00 e. The molecule has 4 nitrogen and oxygen atoms in total. The Balaban J connectivity index is -0.000000000952. The minimum atomic E-state index is 0. The summed E-state index contributed by atoms with van der Waals surface area (Å²) < 4.78 is 0. The van der Waals surface area contributed by atoms with E-state index in [1.807, 2.05) is 0 Å². The van der Waals surface area contributed by atoms with E-state index in [0.29, 0.717) is 0 Å². The van der Waals surface area contributed by atoms with Gasteiger partial charge in [0.25, 0.3) is 0 Å². The van der Waals surface area contributed by atoms with E-state index in [0.717, 1.165) is 0 Å². The molecule has 0 radical (unpaired) electrons. The molecule has 3 N–H and O–H groups in total. The van der Waals surface area contributed by atoms with Gasteiger partial charge in [0, 0.05) is 0 Å². The topological polar surface area (TPSA) is 81.2 Å². The summed E-state index contributed by atoms with van der Waals surface area (Å²) in [5.41, 5.74) is 0. The molecule has 8 heavy (non-hydrogen) atoms. The quantitative estimate of drug-likeness (QED) is 0.228. The van der Waals surface area contributed by atoms with Crippen LogP contribution in [0.1, 0.15) is 2.85 Å². The largest absolute Gasteiger partial charge is 1.00 e. The van der Waals surface area contributed by atoms with Crippen LogP contribution in [0.5, 0.6) is 0 Å². The fraction of sp³-hybridized carbons (Fsp3) is 0. The van der Waals surface area contributed by atoms with Gasteiger partial charge < -0.3 is 13.5 Å². The molecule has 0 bridgehead atoms. The number of halogens is 1. The van der Waals surface area contributed by atoms with Crippen LogP contribution in [0.2, 0.25) is 0 Å². The molecule has 0 amide bonds. The Morgan fingerprint density at radius 2 is 1.38 bits per heavy atom. The summed E-state index contributed by atoms with van der Waals surface area (Å²) in [6.07, 6.45) is 0. The summed E-state index contributed by atoms with van der Waals surface area (Å²) in [5, 5.41) is 7.89. The number of hydrogen-bond acceptors (Lipinski definition) is 2. The van der Waals surface area contributed by atoms with Gasteiger partial charge in [0.05, 0.1) is 0 Å². The second-order valence-corrected chi connectivity index (χ2v) is 0.0816. The van der Waals surface area contributed by atoms with Crippen LogP contribution >= 0.6 is 12.4 Å². The van der Waals surface area contributed by atoms with E-state index in [-0.39, 0.29) is 97.2 Å². The van der Waals surface area contributed by atoms with Crippen molar-refractivity contribution in [1.82, 2.24) is 0 Å². The van der Waals surface area contributed by atoms with Crippen molar-refractivity contribution in [3.05, 3.63) is 4.91 Å². The van der Waals surface area contributed by atoms with Gasteiger partial charge in [0.15, 0.2) is 22.7 Å². The second kappa shape index (κ2) is 60.7. The molecule has 0 spiro atoms. The molecule has 0 aliphatic heterocycles. The SMILES string of the molecule is Cl.O.O=NO.[AlH3].[H-].[H-].[Na+].[Na+]. The summed E-state index contributed by atoms with van der Waals surface area (Å²) in [6, 6.07) is 0. The monoisotopic (exact) mass is 179 g/mol. The molecular formula is H9AlClNNa2O3. The normalized spacial score (nSPS) is 1.50. The molecule has 0 saturated heterocycles. The Labute approximate surface area is 111 Å². The second-order valence-electron chi connectivity index (χ2n) is 0.0816. The fourth-order valence-electron chi connectivity index (χ4n) is 0. The van der Waals surface area contributed by atoms with Gasteiger partial charge >= 0.3 is 59.1 Å². The average Bonchev–Trinajstić information content (AvgIpc) is 0.918. The van der Waals surface area contributed by atoms with Crippen LogP contribution in [-0.4, -0.2) is 28.0 Å². The molecule has 0 aliphatic rings. The molecule has 0 saturated carbocycles. The van der Waals surface area contributed by atoms with E-state index in [4.69, 9.17) is 10.1 Å². The molecule has 0 unspecified atom stereocenters. The minimum Gasteiger partial charge on any atom is -1.00 e. The van der Waals surface area contributed by atoms with Gasteiger partial charge in [-0.3, -0.25) is 0 Å². The fourth-order valence-corrected chi connectivity index (χ4v) is 0. The van der Waals surface area contributed by atoms with E-state index in [9.17, 15) is 0 Å². The summed E-state index contributed by atoms with van der Waals surface area (Å²) >= 11 is 0. The third kappa shape index (κ3) is 88.6. The zero-order chi connectivity index (χ0) is 2.71. The van der Waals surface area contributed by atoms with Crippen molar-refractivity contribution in [2.45, 2.75) is 0 Å². The molecule has 0 rings (SSSR count). The zero-order valence-electron chi connectivity index (χ0n) is 6.21. The maximum absolute atomic E-state index is 8.11. The summed E-state index contributed by atoms with van der Waals surface area (Å²) in [6.45, 7) is 0. The van der Waals surface area contributed by atoms with Crippen LogP contribution in [0, 0.1) is 4.91 Å². The third-order valence-electron chi connectivity index (χ3n) is 0. The van der Waals surface area contributed by atoms with Gasteiger partial charge in [0.2, 0.25) is 0 Å². The third-order valence-corrected chi connectivity index (χ3v) is 0. The number of nitrogens with zero attached hydrogens (tertiary/aromatic N) is 1. The van der Waals surface area contributed by atoms with Crippen molar-refractivity contribution in [1.29, 1.82) is 0 Å². The van der Waals surface area contributed by atoms with Crippen LogP contribution in [0.25, 0.3) is 0 Å². The van der Waals surface area contributed by atoms with Gasteiger partial charge in [0.1, 0.15) is 0 Å². The predicted molar refractivity (Wildman–Crippen MR) is 30.6 cm³/mol. The Morgan fingerprint density at radius 1 is 1.38 bits per heavy atom. The molecule has 0 aromatic carbocycles. The zero-order valence-corrected chi connectivity index (χ0v) is 9.03. The summed E-state index contributed by atoms with van der Waals surface area (Å²) in [5.74, 6) is 0. The molecule has 0 heterocycles. The summed E-state index contributed by atoms with van der Waals surface area (Å²) in [4.78, 5) is 8.11. The van der Waals surface area contributed by atoms with E-state index >= 15 is 0 Å². The van der Waals surface area contributed by atoms with Crippen molar-refractivity contribution >= 4 is 29.8 Å². The molecule has 44 valence electrons. The first kappa shape index (κ1) is 49.1.